The van der Waals surface area contributed by atoms with Gasteiger partial charge < -0.3 is 10.0 Å². The van der Waals surface area contributed by atoms with E-state index in [1.165, 1.54) is 0 Å². The van der Waals surface area contributed by atoms with Crippen molar-refractivity contribution in [3.8, 4) is 6.07 Å². The maximum atomic E-state index is 11.0. The summed E-state index contributed by atoms with van der Waals surface area (Å²) < 4.78 is 0. The van der Waals surface area contributed by atoms with Crippen molar-refractivity contribution in [3.63, 3.8) is 0 Å². The van der Waals surface area contributed by atoms with Gasteiger partial charge in [-0.1, -0.05) is 6.07 Å². The summed E-state index contributed by atoms with van der Waals surface area (Å²) in [5, 5.41) is 17.9. The van der Waals surface area contributed by atoms with Crippen molar-refractivity contribution in [2.45, 2.75) is 18.9 Å². The minimum absolute atomic E-state index is 0.450. The van der Waals surface area contributed by atoms with Crippen molar-refractivity contribution in [3.05, 3.63) is 29.8 Å². The summed E-state index contributed by atoms with van der Waals surface area (Å²) in [6.45, 7) is 0.742. The summed E-state index contributed by atoms with van der Waals surface area (Å²) in [4.78, 5) is 12.9. The number of nitrogens with zero attached hydrogens (tertiary/aromatic N) is 2. The van der Waals surface area contributed by atoms with E-state index in [0.29, 0.717) is 12.0 Å². The minimum Gasteiger partial charge on any atom is -0.480 e. The van der Waals surface area contributed by atoms with Crippen molar-refractivity contribution in [1.82, 2.24) is 0 Å². The van der Waals surface area contributed by atoms with Gasteiger partial charge in [0.2, 0.25) is 0 Å². The Morgan fingerprint density at radius 1 is 1.56 bits per heavy atom. The van der Waals surface area contributed by atoms with Gasteiger partial charge in [0, 0.05) is 12.2 Å². The van der Waals surface area contributed by atoms with Gasteiger partial charge in [0.25, 0.3) is 0 Å². The van der Waals surface area contributed by atoms with Crippen LogP contribution in [-0.4, -0.2) is 23.7 Å². The van der Waals surface area contributed by atoms with E-state index in [0.717, 1.165) is 18.7 Å². The first-order valence-corrected chi connectivity index (χ1v) is 5.22. The van der Waals surface area contributed by atoms with E-state index in [2.05, 4.69) is 6.07 Å². The lowest BCUT2D eigenvalue weighted by atomic mass is 10.1. The third-order valence-corrected chi connectivity index (χ3v) is 2.84. The van der Waals surface area contributed by atoms with Crippen LogP contribution in [0.1, 0.15) is 18.4 Å². The van der Waals surface area contributed by atoms with Gasteiger partial charge in [-0.3, -0.25) is 0 Å². The lowest BCUT2D eigenvalue weighted by molar-refractivity contribution is -0.138. The summed E-state index contributed by atoms with van der Waals surface area (Å²) >= 11 is 0. The quantitative estimate of drug-likeness (QED) is 0.815. The normalized spacial score (nSPS) is 19.4. The van der Waals surface area contributed by atoms with Gasteiger partial charge >= 0.3 is 5.97 Å². The van der Waals surface area contributed by atoms with Crippen LogP contribution >= 0.6 is 0 Å². The Kier molecular flexibility index (Phi) is 2.78. The fraction of sp³-hybridized carbons (Fsp3) is 0.333. The molecule has 0 aliphatic carbocycles. The molecule has 0 amide bonds. The molecule has 0 unspecified atom stereocenters. The van der Waals surface area contributed by atoms with Crippen molar-refractivity contribution in [1.29, 1.82) is 5.26 Å². The molecule has 0 aromatic heterocycles. The van der Waals surface area contributed by atoms with E-state index in [-0.39, 0.29) is 0 Å². The number of carboxylic acid groups (broad SMARTS) is 1. The zero-order valence-corrected chi connectivity index (χ0v) is 8.76. The van der Waals surface area contributed by atoms with Crippen LogP contribution < -0.4 is 4.90 Å². The SMILES string of the molecule is N#Cc1cccc(N2CCC[C@@H]2C(=O)O)c1. The third-order valence-electron chi connectivity index (χ3n) is 2.84. The van der Waals surface area contributed by atoms with Crippen LogP contribution in [0.3, 0.4) is 0 Å². The van der Waals surface area contributed by atoms with Gasteiger partial charge in [-0.2, -0.15) is 5.26 Å². The van der Waals surface area contributed by atoms with Crippen LogP contribution in [0.2, 0.25) is 0 Å². The number of benzene rings is 1. The highest BCUT2D eigenvalue weighted by Crippen LogP contribution is 2.26. The molecule has 0 saturated carbocycles. The molecule has 4 nitrogen and oxygen atoms in total. The Morgan fingerprint density at radius 2 is 2.38 bits per heavy atom. The maximum Gasteiger partial charge on any atom is 0.326 e. The monoisotopic (exact) mass is 216 g/mol. The molecule has 1 fully saturated rings. The number of carboxylic acids is 1. The molecule has 16 heavy (non-hydrogen) atoms. The molecule has 1 atom stereocenters. The lowest BCUT2D eigenvalue weighted by Crippen LogP contribution is -2.35. The molecule has 0 spiro atoms. The van der Waals surface area contributed by atoms with Crippen LogP contribution in [0.15, 0.2) is 24.3 Å². The second-order valence-electron chi connectivity index (χ2n) is 3.85. The van der Waals surface area contributed by atoms with Crippen LogP contribution in [-0.2, 0) is 4.79 Å². The molecule has 0 radical (unpaired) electrons. The molecule has 1 saturated heterocycles. The summed E-state index contributed by atoms with van der Waals surface area (Å²) in [6, 6.07) is 8.70. The van der Waals surface area contributed by atoms with Gasteiger partial charge in [-0.25, -0.2) is 4.79 Å². The van der Waals surface area contributed by atoms with E-state index in [1.807, 2.05) is 11.0 Å². The van der Waals surface area contributed by atoms with Gasteiger partial charge in [0.1, 0.15) is 6.04 Å². The number of aliphatic carboxylic acids is 1. The predicted molar refractivity (Wildman–Crippen MR) is 59.2 cm³/mol. The van der Waals surface area contributed by atoms with Crippen LogP contribution in [0, 0.1) is 11.3 Å². The average molecular weight is 216 g/mol. The predicted octanol–water partition coefficient (Wildman–Crippen LogP) is 1.61. The number of hydrogen-bond donors (Lipinski definition) is 1. The Morgan fingerprint density at radius 3 is 3.06 bits per heavy atom. The van der Waals surface area contributed by atoms with Gasteiger partial charge in [0.15, 0.2) is 0 Å². The molecule has 1 aromatic carbocycles. The van der Waals surface area contributed by atoms with E-state index >= 15 is 0 Å². The Balaban J connectivity index is 2.29. The number of hydrogen-bond acceptors (Lipinski definition) is 3. The molecule has 1 heterocycles. The Bertz CT molecular complexity index is 451. The molecule has 2 rings (SSSR count). The minimum atomic E-state index is -0.792. The van der Waals surface area contributed by atoms with Crippen molar-refractivity contribution in [2.75, 3.05) is 11.4 Å². The first kappa shape index (κ1) is 10.5. The van der Waals surface area contributed by atoms with Crippen molar-refractivity contribution >= 4 is 11.7 Å². The largest absolute Gasteiger partial charge is 0.480 e. The molecule has 1 aliphatic rings. The highest BCUT2D eigenvalue weighted by atomic mass is 16.4. The molecule has 4 heteroatoms. The molecule has 0 bridgehead atoms. The summed E-state index contributed by atoms with van der Waals surface area (Å²) in [7, 11) is 0. The molecular weight excluding hydrogens is 204 g/mol. The zero-order chi connectivity index (χ0) is 11.5. The average Bonchev–Trinajstić information content (AvgIpc) is 2.78. The van der Waals surface area contributed by atoms with Crippen molar-refractivity contribution in [2.24, 2.45) is 0 Å². The second kappa shape index (κ2) is 4.23. The number of anilines is 1. The highest BCUT2D eigenvalue weighted by Gasteiger charge is 2.30. The number of carbonyl (C=O) groups is 1. The Labute approximate surface area is 93.7 Å². The van der Waals surface area contributed by atoms with Crippen LogP contribution in [0.5, 0.6) is 0 Å². The summed E-state index contributed by atoms with van der Waals surface area (Å²) in [5.74, 6) is -0.792. The van der Waals surface area contributed by atoms with E-state index in [1.54, 1.807) is 18.2 Å². The van der Waals surface area contributed by atoms with Crippen LogP contribution in [0.4, 0.5) is 5.69 Å². The number of nitriles is 1. The van der Waals surface area contributed by atoms with Gasteiger partial charge in [-0.05, 0) is 31.0 Å². The third kappa shape index (κ3) is 1.84. The van der Waals surface area contributed by atoms with E-state index in [9.17, 15) is 4.79 Å². The second-order valence-corrected chi connectivity index (χ2v) is 3.85. The molecule has 1 N–H and O–H groups in total. The summed E-state index contributed by atoms with van der Waals surface area (Å²) in [6.07, 6.45) is 1.56. The van der Waals surface area contributed by atoms with E-state index < -0.39 is 12.0 Å². The maximum absolute atomic E-state index is 11.0. The first-order valence-electron chi connectivity index (χ1n) is 5.22. The standard InChI is InChI=1S/C12H12N2O2/c13-8-9-3-1-4-10(7-9)14-6-2-5-11(14)12(15)16/h1,3-4,7,11H,2,5-6H2,(H,15,16)/t11-/m1/s1. The first-order chi connectivity index (χ1) is 7.72. The van der Waals surface area contributed by atoms with E-state index in [4.69, 9.17) is 10.4 Å². The lowest BCUT2D eigenvalue weighted by Gasteiger charge is -2.23. The van der Waals surface area contributed by atoms with Crippen LogP contribution in [0.25, 0.3) is 0 Å². The molecule has 1 aliphatic heterocycles. The smallest absolute Gasteiger partial charge is 0.326 e. The Hall–Kier alpha value is -2.02. The van der Waals surface area contributed by atoms with Crippen molar-refractivity contribution < 1.29 is 9.90 Å². The topological polar surface area (TPSA) is 64.3 Å². The fourth-order valence-corrected chi connectivity index (χ4v) is 2.09. The fourth-order valence-electron chi connectivity index (χ4n) is 2.09. The number of rotatable bonds is 2. The molecule has 1 aromatic rings. The highest BCUT2D eigenvalue weighted by molar-refractivity contribution is 5.79. The van der Waals surface area contributed by atoms with Gasteiger partial charge in [0.05, 0.1) is 11.6 Å². The molecule has 82 valence electrons. The van der Waals surface area contributed by atoms with Gasteiger partial charge in [-0.15, -0.1) is 0 Å². The molecular formula is C12H12N2O2. The summed E-state index contributed by atoms with van der Waals surface area (Å²) in [5.41, 5.74) is 1.39. The zero-order valence-electron chi connectivity index (χ0n) is 8.76.